The third-order valence-electron chi connectivity index (χ3n) is 1.85. The molecule has 2 rings (SSSR count). The van der Waals surface area contributed by atoms with E-state index in [-0.39, 0.29) is 16.7 Å². The number of carbonyl (C=O) groups is 1. The van der Waals surface area contributed by atoms with Crippen LogP contribution in [0.15, 0.2) is 17.5 Å². The van der Waals surface area contributed by atoms with Crippen LogP contribution in [0.5, 0.6) is 5.75 Å². The van der Waals surface area contributed by atoms with Crippen LogP contribution in [-0.4, -0.2) is 16.2 Å². The van der Waals surface area contributed by atoms with E-state index in [0.29, 0.717) is 4.70 Å². The molecule has 0 saturated heterocycles. The van der Waals surface area contributed by atoms with E-state index in [1.807, 2.05) is 0 Å². The van der Waals surface area contributed by atoms with Crippen LogP contribution in [0.1, 0.15) is 10.4 Å². The molecule has 0 bridgehead atoms. The van der Waals surface area contributed by atoms with Crippen molar-refractivity contribution >= 4 is 27.4 Å². The fourth-order valence-corrected chi connectivity index (χ4v) is 2.19. The van der Waals surface area contributed by atoms with Crippen molar-refractivity contribution in [2.75, 3.05) is 0 Å². The van der Waals surface area contributed by atoms with Gasteiger partial charge in [-0.1, -0.05) is 0 Å². The molecule has 0 radical (unpaired) electrons. The second kappa shape index (κ2) is 2.95. The summed E-state index contributed by atoms with van der Waals surface area (Å²) in [6, 6.07) is 2.07. The van der Waals surface area contributed by atoms with Crippen LogP contribution in [0.2, 0.25) is 0 Å². The molecule has 0 unspecified atom stereocenters. The maximum absolute atomic E-state index is 12.9. The number of thiophene rings is 1. The quantitative estimate of drug-likeness (QED) is 0.763. The number of aromatic hydroxyl groups is 1. The van der Waals surface area contributed by atoms with Gasteiger partial charge in [0.05, 0.1) is 10.3 Å². The number of phenols is 1. The minimum absolute atomic E-state index is 0.0137. The molecule has 0 saturated carbocycles. The van der Waals surface area contributed by atoms with E-state index in [2.05, 4.69) is 0 Å². The molecule has 0 amide bonds. The predicted molar refractivity (Wildman–Crippen MR) is 50.4 cm³/mol. The first-order chi connectivity index (χ1) is 6.59. The molecular formula is C9H5FO3S. The molecule has 0 fully saturated rings. The monoisotopic (exact) mass is 212 g/mol. The number of carboxylic acid groups (broad SMARTS) is 1. The lowest BCUT2D eigenvalue weighted by atomic mass is 10.1. The molecule has 72 valence electrons. The number of fused-ring (bicyclic) bond motifs is 1. The molecule has 1 aromatic carbocycles. The van der Waals surface area contributed by atoms with E-state index in [1.54, 1.807) is 0 Å². The van der Waals surface area contributed by atoms with Crippen molar-refractivity contribution in [1.29, 1.82) is 0 Å². The standard InChI is InChI=1S/C9H5FO3S/c10-4-1-5-6(9(12)13)3-14-8(5)7(11)2-4/h1-3,11H,(H,12,13). The van der Waals surface area contributed by atoms with Crippen LogP contribution in [0.3, 0.4) is 0 Å². The summed E-state index contributed by atoms with van der Waals surface area (Å²) in [5, 5.41) is 19.7. The molecule has 1 aromatic heterocycles. The number of rotatable bonds is 1. The molecule has 3 nitrogen and oxygen atoms in total. The van der Waals surface area contributed by atoms with Crippen LogP contribution in [0.25, 0.3) is 10.1 Å². The molecule has 0 spiro atoms. The van der Waals surface area contributed by atoms with E-state index in [1.165, 1.54) is 5.38 Å². The van der Waals surface area contributed by atoms with Crippen molar-refractivity contribution in [2.45, 2.75) is 0 Å². The van der Waals surface area contributed by atoms with Crippen LogP contribution < -0.4 is 0 Å². The highest BCUT2D eigenvalue weighted by molar-refractivity contribution is 7.18. The van der Waals surface area contributed by atoms with Crippen molar-refractivity contribution in [3.05, 3.63) is 28.9 Å². The average Bonchev–Trinajstić information content (AvgIpc) is 2.47. The predicted octanol–water partition coefficient (Wildman–Crippen LogP) is 2.44. The summed E-state index contributed by atoms with van der Waals surface area (Å²) >= 11 is 1.08. The van der Waals surface area contributed by atoms with Crippen molar-refractivity contribution in [3.63, 3.8) is 0 Å². The lowest BCUT2D eigenvalue weighted by Crippen LogP contribution is -1.93. The summed E-state index contributed by atoms with van der Waals surface area (Å²) in [6.07, 6.45) is 0. The fourth-order valence-electron chi connectivity index (χ4n) is 1.25. The lowest BCUT2D eigenvalue weighted by molar-refractivity contribution is 0.0699. The molecule has 14 heavy (non-hydrogen) atoms. The number of hydrogen-bond acceptors (Lipinski definition) is 3. The summed E-state index contributed by atoms with van der Waals surface area (Å²) in [6.45, 7) is 0. The van der Waals surface area contributed by atoms with Gasteiger partial charge in [0.1, 0.15) is 11.6 Å². The smallest absolute Gasteiger partial charge is 0.337 e. The Hall–Kier alpha value is -1.62. The summed E-state index contributed by atoms with van der Waals surface area (Å²) in [5.74, 6) is -1.99. The summed E-state index contributed by atoms with van der Waals surface area (Å²) in [4.78, 5) is 10.7. The number of carboxylic acids is 1. The Labute approximate surface area is 82.0 Å². The van der Waals surface area contributed by atoms with Gasteiger partial charge in [-0.25, -0.2) is 9.18 Å². The normalized spacial score (nSPS) is 10.6. The second-order valence-corrected chi connectivity index (χ2v) is 3.64. The summed E-state index contributed by atoms with van der Waals surface area (Å²) < 4.78 is 13.3. The van der Waals surface area contributed by atoms with E-state index in [4.69, 9.17) is 5.11 Å². The van der Waals surface area contributed by atoms with Crippen LogP contribution >= 0.6 is 11.3 Å². The third kappa shape index (κ3) is 1.22. The van der Waals surface area contributed by atoms with Gasteiger partial charge in [0.15, 0.2) is 0 Å². The van der Waals surface area contributed by atoms with Gasteiger partial charge >= 0.3 is 5.97 Å². The molecule has 0 aliphatic heterocycles. The number of phenolic OH excluding ortho intramolecular Hbond substituents is 1. The Balaban J connectivity index is 2.85. The van der Waals surface area contributed by atoms with Crippen molar-refractivity contribution in [1.82, 2.24) is 0 Å². The largest absolute Gasteiger partial charge is 0.506 e. The Morgan fingerprint density at radius 3 is 2.79 bits per heavy atom. The zero-order chi connectivity index (χ0) is 10.3. The van der Waals surface area contributed by atoms with Crippen molar-refractivity contribution in [3.8, 4) is 5.75 Å². The highest BCUT2D eigenvalue weighted by Gasteiger charge is 2.14. The molecule has 0 aliphatic rings. The minimum Gasteiger partial charge on any atom is -0.506 e. The molecule has 5 heteroatoms. The second-order valence-electron chi connectivity index (χ2n) is 2.76. The summed E-state index contributed by atoms with van der Waals surface area (Å²) in [5.41, 5.74) is 0.0137. The number of aromatic carboxylic acids is 1. The number of benzene rings is 1. The van der Waals surface area contributed by atoms with Gasteiger partial charge in [-0.3, -0.25) is 0 Å². The maximum atomic E-state index is 12.9. The van der Waals surface area contributed by atoms with Gasteiger partial charge in [0.25, 0.3) is 0 Å². The van der Waals surface area contributed by atoms with Crippen LogP contribution in [-0.2, 0) is 0 Å². The first-order valence-corrected chi connectivity index (χ1v) is 4.60. The molecule has 0 atom stereocenters. The molecular weight excluding hydrogens is 207 g/mol. The Morgan fingerprint density at radius 2 is 2.14 bits per heavy atom. The van der Waals surface area contributed by atoms with Gasteiger partial charge in [0.2, 0.25) is 0 Å². The van der Waals surface area contributed by atoms with Gasteiger partial charge in [-0.05, 0) is 6.07 Å². The summed E-state index contributed by atoms with van der Waals surface area (Å²) in [7, 11) is 0. The van der Waals surface area contributed by atoms with Gasteiger partial charge in [-0.2, -0.15) is 0 Å². The first kappa shape index (κ1) is 8.96. The minimum atomic E-state index is -1.12. The van der Waals surface area contributed by atoms with Crippen LogP contribution in [0, 0.1) is 5.82 Å². The zero-order valence-corrected chi connectivity index (χ0v) is 7.64. The molecule has 1 heterocycles. The lowest BCUT2D eigenvalue weighted by Gasteiger charge is -1.96. The highest BCUT2D eigenvalue weighted by atomic mass is 32.1. The Bertz CT molecular complexity index is 518. The van der Waals surface area contributed by atoms with Crippen molar-refractivity contribution in [2.24, 2.45) is 0 Å². The SMILES string of the molecule is O=C(O)c1csc2c(O)cc(F)cc12. The average molecular weight is 212 g/mol. The van der Waals surface area contributed by atoms with E-state index >= 15 is 0 Å². The Morgan fingerprint density at radius 1 is 1.43 bits per heavy atom. The maximum Gasteiger partial charge on any atom is 0.337 e. The zero-order valence-electron chi connectivity index (χ0n) is 6.82. The number of halogens is 1. The van der Waals surface area contributed by atoms with Crippen molar-refractivity contribution < 1.29 is 19.4 Å². The molecule has 2 aromatic rings. The molecule has 0 aliphatic carbocycles. The number of hydrogen-bond donors (Lipinski definition) is 2. The third-order valence-corrected chi connectivity index (χ3v) is 2.87. The topological polar surface area (TPSA) is 57.5 Å². The first-order valence-electron chi connectivity index (χ1n) is 3.72. The fraction of sp³-hybridized carbons (Fsp3) is 0. The molecule has 2 N–H and O–H groups in total. The van der Waals surface area contributed by atoms with Gasteiger partial charge in [-0.15, -0.1) is 11.3 Å². The van der Waals surface area contributed by atoms with E-state index < -0.39 is 11.8 Å². The highest BCUT2D eigenvalue weighted by Crippen LogP contribution is 2.33. The van der Waals surface area contributed by atoms with Gasteiger partial charge in [0, 0.05) is 16.8 Å². The van der Waals surface area contributed by atoms with Gasteiger partial charge < -0.3 is 10.2 Å². The van der Waals surface area contributed by atoms with E-state index in [0.717, 1.165) is 23.5 Å². The Kier molecular flexibility index (Phi) is 1.89. The van der Waals surface area contributed by atoms with Crippen LogP contribution in [0.4, 0.5) is 4.39 Å². The van der Waals surface area contributed by atoms with E-state index in [9.17, 15) is 14.3 Å².